The Labute approximate surface area is 105 Å². The summed E-state index contributed by atoms with van der Waals surface area (Å²) in [5.41, 5.74) is 0.552. The largest absolute Gasteiger partial charge is 0.301 e. The molecule has 0 unspecified atom stereocenters. The second kappa shape index (κ2) is 5.16. The monoisotopic (exact) mass is 306 g/mol. The van der Waals surface area contributed by atoms with Gasteiger partial charge in [0.05, 0.1) is 0 Å². The average molecular weight is 307 g/mol. The topological polar surface area (TPSA) is 49.4 Å². The van der Waals surface area contributed by atoms with Crippen molar-refractivity contribution in [1.29, 1.82) is 0 Å². The van der Waals surface area contributed by atoms with Crippen molar-refractivity contribution in [3.63, 3.8) is 0 Å². The van der Waals surface area contributed by atoms with E-state index >= 15 is 0 Å². The van der Waals surface area contributed by atoms with Gasteiger partial charge in [-0.15, -0.1) is 0 Å². The number of rotatable bonds is 4. The Morgan fingerprint density at radius 2 is 1.75 bits per heavy atom. The van der Waals surface area contributed by atoms with E-state index in [-0.39, 0.29) is 6.04 Å². The minimum atomic E-state index is -3.46. The molecular weight excluding hydrogens is 292 g/mol. The van der Waals surface area contributed by atoms with Crippen LogP contribution in [0.1, 0.15) is 13.8 Å². The Morgan fingerprint density at radius 1 is 1.25 bits per heavy atom. The minimum absolute atomic E-state index is 0.0760. The van der Waals surface area contributed by atoms with Crippen molar-refractivity contribution >= 4 is 31.8 Å². The highest BCUT2D eigenvalue weighted by Gasteiger charge is 2.19. The molecule has 16 heavy (non-hydrogen) atoms. The van der Waals surface area contributed by atoms with E-state index < -0.39 is 10.2 Å². The zero-order chi connectivity index (χ0) is 12.3. The minimum Gasteiger partial charge on any atom is -0.271 e. The molecule has 1 N–H and O–H groups in total. The summed E-state index contributed by atoms with van der Waals surface area (Å²) in [6, 6.07) is 6.90. The maximum atomic E-state index is 11.8. The zero-order valence-corrected chi connectivity index (χ0v) is 11.8. The fraction of sp³-hybridized carbons (Fsp3) is 0.400. The lowest BCUT2D eigenvalue weighted by atomic mass is 10.3. The van der Waals surface area contributed by atoms with Gasteiger partial charge in [0.1, 0.15) is 0 Å². The van der Waals surface area contributed by atoms with Gasteiger partial charge < -0.3 is 0 Å². The van der Waals surface area contributed by atoms with Gasteiger partial charge in [-0.05, 0) is 38.1 Å². The van der Waals surface area contributed by atoms with Crippen LogP contribution in [-0.2, 0) is 10.2 Å². The van der Waals surface area contributed by atoms with Crippen LogP contribution in [0.15, 0.2) is 28.7 Å². The van der Waals surface area contributed by atoms with E-state index in [1.165, 1.54) is 4.31 Å². The highest BCUT2D eigenvalue weighted by Crippen LogP contribution is 2.16. The third-order valence-corrected chi connectivity index (χ3v) is 4.40. The van der Waals surface area contributed by atoms with Crippen molar-refractivity contribution in [2.24, 2.45) is 0 Å². The van der Waals surface area contributed by atoms with Crippen LogP contribution in [-0.4, -0.2) is 25.8 Å². The number of benzene rings is 1. The second-order valence-corrected chi connectivity index (χ2v) is 6.37. The summed E-state index contributed by atoms with van der Waals surface area (Å²) in [7, 11) is -1.91. The molecule has 0 saturated heterocycles. The summed E-state index contributed by atoms with van der Waals surface area (Å²) in [5.74, 6) is 0. The van der Waals surface area contributed by atoms with E-state index in [4.69, 9.17) is 0 Å². The van der Waals surface area contributed by atoms with Crippen LogP contribution >= 0.6 is 15.9 Å². The molecule has 0 aromatic heterocycles. The van der Waals surface area contributed by atoms with Crippen molar-refractivity contribution in [3.05, 3.63) is 28.7 Å². The van der Waals surface area contributed by atoms with Crippen LogP contribution in [0.4, 0.5) is 5.69 Å². The van der Waals surface area contributed by atoms with Gasteiger partial charge in [-0.1, -0.05) is 15.9 Å². The first kappa shape index (κ1) is 13.5. The molecule has 6 heteroatoms. The molecule has 0 heterocycles. The standard InChI is InChI=1S/C10H15BrN2O2S/c1-8(2)13(3)16(14,15)12-10-6-4-9(11)5-7-10/h4-8,12H,1-3H3. The van der Waals surface area contributed by atoms with Crippen molar-refractivity contribution < 1.29 is 8.42 Å². The van der Waals surface area contributed by atoms with Crippen LogP contribution in [0.3, 0.4) is 0 Å². The number of nitrogens with one attached hydrogen (secondary N) is 1. The number of hydrogen-bond donors (Lipinski definition) is 1. The molecule has 0 amide bonds. The molecule has 0 aliphatic carbocycles. The lowest BCUT2D eigenvalue weighted by molar-refractivity contribution is 0.414. The third kappa shape index (κ3) is 3.47. The molecule has 0 fully saturated rings. The van der Waals surface area contributed by atoms with Gasteiger partial charge in [0, 0.05) is 23.2 Å². The SMILES string of the molecule is CC(C)N(C)S(=O)(=O)Nc1ccc(Br)cc1. The Balaban J connectivity index is 2.85. The molecule has 90 valence electrons. The molecule has 4 nitrogen and oxygen atoms in total. The molecule has 0 saturated carbocycles. The average Bonchev–Trinajstić information content (AvgIpc) is 2.20. The summed E-state index contributed by atoms with van der Waals surface area (Å²) in [5, 5.41) is 0. The van der Waals surface area contributed by atoms with Gasteiger partial charge in [0.15, 0.2) is 0 Å². The van der Waals surface area contributed by atoms with E-state index in [0.29, 0.717) is 5.69 Å². The maximum absolute atomic E-state index is 11.8. The maximum Gasteiger partial charge on any atom is 0.301 e. The van der Waals surface area contributed by atoms with Crippen LogP contribution in [0.25, 0.3) is 0 Å². The van der Waals surface area contributed by atoms with Crippen molar-refractivity contribution in [2.75, 3.05) is 11.8 Å². The zero-order valence-electron chi connectivity index (χ0n) is 9.44. The summed E-state index contributed by atoms with van der Waals surface area (Å²) in [6.45, 7) is 3.64. The second-order valence-electron chi connectivity index (χ2n) is 3.72. The van der Waals surface area contributed by atoms with E-state index in [1.54, 1.807) is 31.3 Å². The number of anilines is 1. The van der Waals surface area contributed by atoms with Crippen molar-refractivity contribution in [3.8, 4) is 0 Å². The molecule has 0 spiro atoms. The highest BCUT2D eigenvalue weighted by molar-refractivity contribution is 9.10. The molecule has 1 rings (SSSR count). The Bertz CT molecular complexity index is 442. The summed E-state index contributed by atoms with van der Waals surface area (Å²) >= 11 is 3.29. The van der Waals surface area contributed by atoms with E-state index in [2.05, 4.69) is 20.7 Å². The lowest BCUT2D eigenvalue weighted by Gasteiger charge is -2.21. The molecule has 0 aliphatic rings. The first-order valence-corrected chi connectivity index (χ1v) is 7.07. The Morgan fingerprint density at radius 3 is 2.19 bits per heavy atom. The van der Waals surface area contributed by atoms with Gasteiger partial charge in [0.25, 0.3) is 0 Å². The Hall–Kier alpha value is -0.590. The van der Waals surface area contributed by atoms with Gasteiger partial charge >= 0.3 is 10.2 Å². The number of halogens is 1. The summed E-state index contributed by atoms with van der Waals surface area (Å²) in [6.07, 6.45) is 0. The van der Waals surface area contributed by atoms with E-state index in [0.717, 1.165) is 4.47 Å². The predicted octanol–water partition coefficient (Wildman–Crippen LogP) is 2.45. The third-order valence-electron chi connectivity index (χ3n) is 2.20. The molecule has 0 atom stereocenters. The predicted molar refractivity (Wildman–Crippen MR) is 69.6 cm³/mol. The summed E-state index contributed by atoms with van der Waals surface area (Å²) in [4.78, 5) is 0. The van der Waals surface area contributed by atoms with Crippen LogP contribution in [0.5, 0.6) is 0 Å². The van der Waals surface area contributed by atoms with Crippen molar-refractivity contribution in [2.45, 2.75) is 19.9 Å². The molecule has 1 aromatic rings. The smallest absolute Gasteiger partial charge is 0.271 e. The number of hydrogen-bond acceptors (Lipinski definition) is 2. The van der Waals surface area contributed by atoms with E-state index in [1.807, 2.05) is 13.8 Å². The van der Waals surface area contributed by atoms with Crippen LogP contribution in [0, 0.1) is 0 Å². The number of nitrogens with zero attached hydrogens (tertiary/aromatic N) is 1. The van der Waals surface area contributed by atoms with Crippen LogP contribution in [0.2, 0.25) is 0 Å². The molecular formula is C10H15BrN2O2S. The van der Waals surface area contributed by atoms with Gasteiger partial charge in [-0.2, -0.15) is 12.7 Å². The quantitative estimate of drug-likeness (QED) is 0.929. The van der Waals surface area contributed by atoms with Crippen LogP contribution < -0.4 is 4.72 Å². The highest BCUT2D eigenvalue weighted by atomic mass is 79.9. The normalized spacial score (nSPS) is 12.1. The van der Waals surface area contributed by atoms with Gasteiger partial charge in [-0.3, -0.25) is 4.72 Å². The molecule has 1 aromatic carbocycles. The van der Waals surface area contributed by atoms with Gasteiger partial charge in [-0.25, -0.2) is 0 Å². The van der Waals surface area contributed by atoms with E-state index in [9.17, 15) is 8.42 Å². The fourth-order valence-electron chi connectivity index (χ4n) is 1.02. The summed E-state index contributed by atoms with van der Waals surface area (Å²) < 4.78 is 28.4. The fourth-order valence-corrected chi connectivity index (χ4v) is 2.41. The molecule has 0 bridgehead atoms. The van der Waals surface area contributed by atoms with Gasteiger partial charge in [0.2, 0.25) is 0 Å². The molecule has 0 aliphatic heterocycles. The van der Waals surface area contributed by atoms with Crippen molar-refractivity contribution in [1.82, 2.24) is 4.31 Å². The molecule has 0 radical (unpaired) electrons. The first-order valence-electron chi connectivity index (χ1n) is 4.84. The lowest BCUT2D eigenvalue weighted by Crippen LogP contribution is -2.37. The Kier molecular flexibility index (Phi) is 4.35. The first-order chi connectivity index (χ1) is 7.33.